The van der Waals surface area contributed by atoms with E-state index in [1.165, 1.54) is 11.8 Å². The van der Waals surface area contributed by atoms with Gasteiger partial charge in [-0.3, -0.25) is 4.79 Å². The molecule has 4 aromatic rings. The Morgan fingerprint density at radius 2 is 1.85 bits per heavy atom. The minimum Gasteiger partial charge on any atom is -0.304 e. The second-order valence-electron chi connectivity index (χ2n) is 5.83. The lowest BCUT2D eigenvalue weighted by Gasteiger charge is -2.03. The van der Waals surface area contributed by atoms with Gasteiger partial charge < -0.3 is 4.57 Å². The number of benzene rings is 2. The number of thiophene rings is 1. The maximum Gasteiger partial charge on any atom is 0.191 e. The van der Waals surface area contributed by atoms with Crippen molar-refractivity contribution in [1.29, 1.82) is 0 Å². The summed E-state index contributed by atoms with van der Waals surface area (Å²) in [5.74, 6) is 0.983. The molecule has 0 saturated carbocycles. The minimum atomic E-state index is 0.0149. The molecular weight excluding hydrogens is 421 g/mol. The second kappa shape index (κ2) is 7.64. The molecule has 0 spiro atoms. The van der Waals surface area contributed by atoms with Crippen molar-refractivity contribution in [3.8, 4) is 10.7 Å². The Bertz CT molecular complexity index is 1140. The van der Waals surface area contributed by atoms with E-state index in [-0.39, 0.29) is 11.5 Å². The van der Waals surface area contributed by atoms with Gasteiger partial charge in [-0.15, -0.1) is 21.5 Å². The van der Waals surface area contributed by atoms with Crippen LogP contribution in [0.15, 0.2) is 53.7 Å². The first-order chi connectivity index (χ1) is 13.0. The number of nitrogens with zero attached hydrogens (tertiary/aromatic N) is 3. The molecule has 2 heterocycles. The third kappa shape index (κ3) is 3.62. The van der Waals surface area contributed by atoms with Crippen LogP contribution in [-0.4, -0.2) is 26.3 Å². The van der Waals surface area contributed by atoms with Crippen LogP contribution in [0.5, 0.6) is 0 Å². The molecule has 0 fully saturated rings. The lowest BCUT2D eigenvalue weighted by atomic mass is 10.1. The monoisotopic (exact) mass is 433 g/mol. The number of fused-ring (bicyclic) bond motifs is 1. The molecule has 8 heteroatoms. The van der Waals surface area contributed by atoms with Crippen molar-refractivity contribution < 1.29 is 4.79 Å². The van der Waals surface area contributed by atoms with E-state index in [2.05, 4.69) is 10.2 Å². The number of carbonyl (C=O) groups is 1. The molecule has 0 saturated heterocycles. The highest BCUT2D eigenvalue weighted by Gasteiger charge is 2.19. The van der Waals surface area contributed by atoms with Gasteiger partial charge in [-0.2, -0.15) is 0 Å². The van der Waals surface area contributed by atoms with E-state index in [1.807, 2.05) is 35.9 Å². The number of Topliss-reactive ketones (excluding diaryl/α,β-unsaturated/α-hetero) is 1. The summed E-state index contributed by atoms with van der Waals surface area (Å²) in [6, 6.07) is 14.9. The van der Waals surface area contributed by atoms with Gasteiger partial charge in [-0.25, -0.2) is 0 Å². The maximum atomic E-state index is 12.3. The van der Waals surface area contributed by atoms with Crippen LogP contribution in [0.1, 0.15) is 10.4 Å². The third-order valence-electron chi connectivity index (χ3n) is 4.07. The van der Waals surface area contributed by atoms with Crippen molar-refractivity contribution >= 4 is 62.2 Å². The highest BCUT2D eigenvalue weighted by atomic mass is 35.5. The minimum absolute atomic E-state index is 0.0149. The number of carbonyl (C=O) groups excluding carboxylic acids is 1. The number of rotatable bonds is 5. The van der Waals surface area contributed by atoms with Gasteiger partial charge in [-0.05, 0) is 30.3 Å². The van der Waals surface area contributed by atoms with Gasteiger partial charge >= 0.3 is 0 Å². The van der Waals surface area contributed by atoms with Gasteiger partial charge in [0.05, 0.1) is 15.7 Å². The Hall–Kier alpha value is -1.86. The fraction of sp³-hybridized carbons (Fsp3) is 0.105. The number of halogens is 2. The molecule has 0 aliphatic rings. The molecule has 27 heavy (non-hydrogen) atoms. The van der Waals surface area contributed by atoms with Gasteiger partial charge in [0.25, 0.3) is 0 Å². The van der Waals surface area contributed by atoms with Crippen molar-refractivity contribution in [3.05, 3.63) is 64.1 Å². The molecule has 0 bridgehead atoms. The van der Waals surface area contributed by atoms with E-state index >= 15 is 0 Å². The van der Waals surface area contributed by atoms with E-state index in [0.717, 1.165) is 15.0 Å². The summed E-state index contributed by atoms with van der Waals surface area (Å²) >= 11 is 15.3. The predicted molar refractivity (Wildman–Crippen MR) is 113 cm³/mol. The van der Waals surface area contributed by atoms with Crippen LogP contribution in [-0.2, 0) is 7.05 Å². The van der Waals surface area contributed by atoms with E-state index in [0.29, 0.717) is 26.6 Å². The first kappa shape index (κ1) is 18.5. The van der Waals surface area contributed by atoms with Crippen molar-refractivity contribution in [2.75, 3.05) is 5.75 Å². The number of hydrogen-bond acceptors (Lipinski definition) is 5. The van der Waals surface area contributed by atoms with Gasteiger partial charge in [0.1, 0.15) is 0 Å². The van der Waals surface area contributed by atoms with E-state index in [9.17, 15) is 4.79 Å². The molecule has 0 N–H and O–H groups in total. The summed E-state index contributed by atoms with van der Waals surface area (Å²) < 4.78 is 2.98. The third-order valence-corrected chi connectivity index (χ3v) is 7.02. The van der Waals surface area contributed by atoms with E-state index < -0.39 is 0 Å². The summed E-state index contributed by atoms with van der Waals surface area (Å²) in [5, 5.41) is 11.5. The number of aromatic nitrogens is 3. The number of hydrogen-bond donors (Lipinski definition) is 0. The van der Waals surface area contributed by atoms with Crippen molar-refractivity contribution in [2.24, 2.45) is 7.05 Å². The quantitative estimate of drug-likeness (QED) is 0.287. The van der Waals surface area contributed by atoms with Crippen LogP contribution < -0.4 is 0 Å². The van der Waals surface area contributed by atoms with Gasteiger partial charge in [0, 0.05) is 27.7 Å². The molecule has 0 aliphatic carbocycles. The summed E-state index contributed by atoms with van der Waals surface area (Å²) in [5.41, 5.74) is 0.627. The van der Waals surface area contributed by atoms with Crippen LogP contribution in [0.4, 0.5) is 0 Å². The molecule has 4 rings (SSSR count). The van der Waals surface area contributed by atoms with Crippen LogP contribution in [0.25, 0.3) is 20.8 Å². The standard InChI is InChI=1S/C19H13Cl2N3OS2/c1-24-18(17-16(21)13-4-2-3-5-15(13)27-17)22-23-19(24)26-10-14(25)11-6-8-12(20)9-7-11/h2-9H,10H2,1H3. The number of ketones is 1. The Balaban J connectivity index is 1.56. The molecular formula is C19H13Cl2N3OS2. The zero-order chi connectivity index (χ0) is 19.0. The average molecular weight is 434 g/mol. The van der Waals surface area contributed by atoms with Gasteiger partial charge in [0.2, 0.25) is 0 Å². The molecule has 0 radical (unpaired) electrons. The molecule has 0 amide bonds. The van der Waals surface area contributed by atoms with Crippen molar-refractivity contribution in [2.45, 2.75) is 5.16 Å². The Morgan fingerprint density at radius 3 is 2.59 bits per heavy atom. The summed E-state index contributed by atoms with van der Waals surface area (Å²) in [4.78, 5) is 13.2. The van der Waals surface area contributed by atoms with E-state index in [4.69, 9.17) is 23.2 Å². The second-order valence-corrected chi connectivity index (χ2v) is 8.63. The molecule has 0 unspecified atom stereocenters. The molecule has 2 aromatic carbocycles. The lowest BCUT2D eigenvalue weighted by Crippen LogP contribution is -2.03. The largest absolute Gasteiger partial charge is 0.304 e. The highest BCUT2D eigenvalue weighted by molar-refractivity contribution is 7.99. The number of thioether (sulfide) groups is 1. The molecule has 0 aliphatic heterocycles. The van der Waals surface area contributed by atoms with Crippen LogP contribution >= 0.6 is 46.3 Å². The van der Waals surface area contributed by atoms with Crippen LogP contribution in [0.2, 0.25) is 10.0 Å². The molecule has 2 aromatic heterocycles. The Kier molecular flexibility index (Phi) is 5.23. The first-order valence-electron chi connectivity index (χ1n) is 8.03. The zero-order valence-corrected chi connectivity index (χ0v) is 17.3. The zero-order valence-electron chi connectivity index (χ0n) is 14.1. The summed E-state index contributed by atoms with van der Waals surface area (Å²) in [6.45, 7) is 0. The van der Waals surface area contributed by atoms with Crippen LogP contribution in [0.3, 0.4) is 0 Å². The smallest absolute Gasteiger partial charge is 0.191 e. The highest BCUT2D eigenvalue weighted by Crippen LogP contribution is 2.41. The van der Waals surface area contributed by atoms with Crippen molar-refractivity contribution in [1.82, 2.24) is 14.8 Å². The average Bonchev–Trinajstić information content (AvgIpc) is 3.20. The normalized spacial score (nSPS) is 11.2. The van der Waals surface area contributed by atoms with Crippen LogP contribution in [0, 0.1) is 0 Å². The van der Waals surface area contributed by atoms with Crippen molar-refractivity contribution in [3.63, 3.8) is 0 Å². The van der Waals surface area contributed by atoms with E-state index in [1.54, 1.807) is 35.6 Å². The SMILES string of the molecule is Cn1c(SCC(=O)c2ccc(Cl)cc2)nnc1-c1sc2ccccc2c1Cl. The van der Waals surface area contributed by atoms with Gasteiger partial charge in [0.15, 0.2) is 16.8 Å². The van der Waals surface area contributed by atoms with Gasteiger partial charge in [-0.1, -0.05) is 53.2 Å². The molecule has 4 nitrogen and oxygen atoms in total. The summed E-state index contributed by atoms with van der Waals surface area (Å²) in [6.07, 6.45) is 0. The predicted octanol–water partition coefficient (Wildman–Crippen LogP) is 5.98. The topological polar surface area (TPSA) is 47.8 Å². The first-order valence-corrected chi connectivity index (χ1v) is 10.6. The lowest BCUT2D eigenvalue weighted by molar-refractivity contribution is 0.102. The molecule has 0 atom stereocenters. The summed E-state index contributed by atoms with van der Waals surface area (Å²) in [7, 11) is 1.88. The molecule has 136 valence electrons. The Morgan fingerprint density at radius 1 is 1.11 bits per heavy atom. The maximum absolute atomic E-state index is 12.3. The fourth-order valence-electron chi connectivity index (χ4n) is 2.65. The fourth-order valence-corrected chi connectivity index (χ4v) is 5.11. The Labute approximate surface area is 174 Å².